The fourth-order valence-electron chi connectivity index (χ4n) is 3.12. The van der Waals surface area contributed by atoms with Gasteiger partial charge in [-0.25, -0.2) is 4.79 Å². The van der Waals surface area contributed by atoms with Gasteiger partial charge in [-0.2, -0.15) is 0 Å². The highest BCUT2D eigenvalue weighted by atomic mass is 35.5. The van der Waals surface area contributed by atoms with Crippen LogP contribution in [0.5, 0.6) is 0 Å². The van der Waals surface area contributed by atoms with Gasteiger partial charge in [0, 0.05) is 13.1 Å². The van der Waals surface area contributed by atoms with Crippen molar-refractivity contribution in [2.75, 3.05) is 12.3 Å². The number of anilines is 1. The number of nitrogen functional groups attached to an aromatic ring is 1. The Hall–Kier alpha value is -1.79. The maximum Gasteiger partial charge on any atom is 0.326 e. The molecule has 1 saturated heterocycles. The topological polar surface area (TPSA) is 95.7 Å². The number of likely N-dealkylation sites (tertiary alicyclic amines) is 1. The molecule has 7 heteroatoms. The first kappa shape index (κ1) is 19.5. The molecule has 0 aromatic heterocycles. The fraction of sp³-hybridized carbons (Fsp3) is 0.556. The molecule has 0 bridgehead atoms. The average Bonchev–Trinajstić information content (AvgIpc) is 2.99. The van der Waals surface area contributed by atoms with E-state index in [0.717, 1.165) is 5.56 Å². The van der Waals surface area contributed by atoms with E-state index in [1.54, 1.807) is 12.1 Å². The summed E-state index contributed by atoms with van der Waals surface area (Å²) < 4.78 is 0. The van der Waals surface area contributed by atoms with Crippen molar-refractivity contribution in [1.82, 2.24) is 10.2 Å². The predicted octanol–water partition coefficient (Wildman–Crippen LogP) is 2.50. The van der Waals surface area contributed by atoms with Gasteiger partial charge in [-0.15, -0.1) is 0 Å². The van der Waals surface area contributed by atoms with E-state index in [9.17, 15) is 14.7 Å². The SMILES string of the molecule is CC(C)(C)C(NCc1ccc(N)c(Cl)c1)C(=O)N1CCCC1C(=O)O. The van der Waals surface area contributed by atoms with E-state index >= 15 is 0 Å². The van der Waals surface area contributed by atoms with E-state index in [1.807, 2.05) is 26.8 Å². The van der Waals surface area contributed by atoms with Gasteiger partial charge >= 0.3 is 5.97 Å². The molecule has 6 nitrogen and oxygen atoms in total. The molecule has 1 heterocycles. The number of carboxylic acid groups (broad SMARTS) is 1. The van der Waals surface area contributed by atoms with E-state index in [-0.39, 0.29) is 11.3 Å². The van der Waals surface area contributed by atoms with Crippen molar-refractivity contribution in [2.45, 2.75) is 52.2 Å². The van der Waals surface area contributed by atoms with Crippen LogP contribution in [0.1, 0.15) is 39.2 Å². The van der Waals surface area contributed by atoms with Gasteiger partial charge in [-0.3, -0.25) is 4.79 Å². The van der Waals surface area contributed by atoms with Gasteiger partial charge in [0.25, 0.3) is 0 Å². The highest BCUT2D eigenvalue weighted by Crippen LogP contribution is 2.26. The number of carbonyl (C=O) groups excluding carboxylic acids is 1. The minimum atomic E-state index is -0.941. The Labute approximate surface area is 153 Å². The minimum Gasteiger partial charge on any atom is -0.480 e. The van der Waals surface area contributed by atoms with Crippen LogP contribution >= 0.6 is 11.6 Å². The summed E-state index contributed by atoms with van der Waals surface area (Å²) in [5.74, 6) is -1.11. The summed E-state index contributed by atoms with van der Waals surface area (Å²) in [7, 11) is 0. The normalized spacial score (nSPS) is 19.0. The lowest BCUT2D eigenvalue weighted by atomic mass is 9.85. The highest BCUT2D eigenvalue weighted by molar-refractivity contribution is 6.33. The number of nitrogens with one attached hydrogen (secondary N) is 1. The molecule has 2 rings (SSSR count). The first-order valence-corrected chi connectivity index (χ1v) is 8.79. The Balaban J connectivity index is 2.14. The third-order valence-corrected chi connectivity index (χ3v) is 4.84. The van der Waals surface area contributed by atoms with Crippen LogP contribution in [0.4, 0.5) is 5.69 Å². The second kappa shape index (κ2) is 7.62. The summed E-state index contributed by atoms with van der Waals surface area (Å²) in [6, 6.07) is 4.13. The molecule has 0 radical (unpaired) electrons. The molecule has 1 aromatic carbocycles. The molecular formula is C18H26ClN3O3. The lowest BCUT2D eigenvalue weighted by Crippen LogP contribution is -2.55. The lowest BCUT2D eigenvalue weighted by Gasteiger charge is -2.35. The largest absolute Gasteiger partial charge is 0.480 e. The quantitative estimate of drug-likeness (QED) is 0.695. The van der Waals surface area contributed by atoms with Crippen LogP contribution in [0.15, 0.2) is 18.2 Å². The Morgan fingerprint density at radius 2 is 2.12 bits per heavy atom. The molecule has 2 unspecified atom stereocenters. The van der Waals surface area contributed by atoms with Crippen molar-refractivity contribution in [3.8, 4) is 0 Å². The molecule has 25 heavy (non-hydrogen) atoms. The zero-order valence-corrected chi connectivity index (χ0v) is 15.6. The van der Waals surface area contributed by atoms with Gasteiger partial charge in [0.15, 0.2) is 0 Å². The van der Waals surface area contributed by atoms with Crippen molar-refractivity contribution >= 4 is 29.2 Å². The zero-order chi connectivity index (χ0) is 18.8. The first-order valence-electron chi connectivity index (χ1n) is 8.42. The van der Waals surface area contributed by atoms with Crippen molar-refractivity contribution < 1.29 is 14.7 Å². The van der Waals surface area contributed by atoms with Crippen molar-refractivity contribution in [2.24, 2.45) is 5.41 Å². The minimum absolute atomic E-state index is 0.168. The monoisotopic (exact) mass is 367 g/mol. The summed E-state index contributed by atoms with van der Waals surface area (Å²) in [6.45, 7) is 6.82. The van der Waals surface area contributed by atoms with E-state index < -0.39 is 18.1 Å². The second-order valence-corrected chi connectivity index (χ2v) is 7.97. The van der Waals surface area contributed by atoms with Crippen LogP contribution in [0.3, 0.4) is 0 Å². The number of benzene rings is 1. The highest BCUT2D eigenvalue weighted by Gasteiger charge is 2.40. The third kappa shape index (κ3) is 4.64. The Kier molecular flexibility index (Phi) is 5.95. The number of amides is 1. The predicted molar refractivity (Wildman–Crippen MR) is 98.3 cm³/mol. The van der Waals surface area contributed by atoms with Crippen molar-refractivity contribution in [1.29, 1.82) is 0 Å². The zero-order valence-electron chi connectivity index (χ0n) is 14.9. The van der Waals surface area contributed by atoms with Gasteiger partial charge in [-0.05, 0) is 36.0 Å². The summed E-state index contributed by atoms with van der Waals surface area (Å²) in [4.78, 5) is 25.9. The number of nitrogens with two attached hydrogens (primary N) is 1. The number of aliphatic carboxylic acids is 1. The molecule has 1 fully saturated rings. The number of halogens is 1. The maximum atomic E-state index is 13.0. The second-order valence-electron chi connectivity index (χ2n) is 7.56. The number of carboxylic acids is 1. The number of hydrogen-bond acceptors (Lipinski definition) is 4. The molecule has 0 aliphatic carbocycles. The lowest BCUT2D eigenvalue weighted by molar-refractivity contribution is -0.150. The van der Waals surface area contributed by atoms with Crippen LogP contribution in [0.25, 0.3) is 0 Å². The molecule has 1 aliphatic rings. The Morgan fingerprint density at radius 1 is 1.44 bits per heavy atom. The molecule has 0 saturated carbocycles. The maximum absolute atomic E-state index is 13.0. The third-order valence-electron chi connectivity index (χ3n) is 4.51. The van der Waals surface area contributed by atoms with Gasteiger partial charge < -0.3 is 21.1 Å². The van der Waals surface area contributed by atoms with Crippen molar-refractivity contribution in [3.05, 3.63) is 28.8 Å². The number of nitrogens with zero attached hydrogens (tertiary/aromatic N) is 1. The number of rotatable bonds is 5. The number of hydrogen-bond donors (Lipinski definition) is 3. The first-order chi connectivity index (χ1) is 11.6. The molecule has 0 spiro atoms. The van der Waals surface area contributed by atoms with Crippen LogP contribution in [-0.4, -0.2) is 40.5 Å². The fourth-order valence-corrected chi connectivity index (χ4v) is 3.32. The smallest absolute Gasteiger partial charge is 0.326 e. The average molecular weight is 368 g/mol. The summed E-state index contributed by atoms with van der Waals surface area (Å²) >= 11 is 6.05. The van der Waals surface area contributed by atoms with E-state index in [2.05, 4.69) is 5.32 Å². The van der Waals surface area contributed by atoms with Gasteiger partial charge in [0.2, 0.25) is 5.91 Å². The van der Waals surface area contributed by atoms with Gasteiger partial charge in [0.05, 0.1) is 16.8 Å². The van der Waals surface area contributed by atoms with Crippen LogP contribution in [-0.2, 0) is 16.1 Å². The van der Waals surface area contributed by atoms with E-state index in [0.29, 0.717) is 36.6 Å². The Morgan fingerprint density at radius 3 is 2.68 bits per heavy atom. The van der Waals surface area contributed by atoms with E-state index in [1.165, 1.54) is 4.90 Å². The molecular weight excluding hydrogens is 342 g/mol. The summed E-state index contributed by atoms with van der Waals surface area (Å²) in [5, 5.41) is 13.1. The molecule has 4 N–H and O–H groups in total. The number of carbonyl (C=O) groups is 2. The summed E-state index contributed by atoms with van der Waals surface area (Å²) in [6.07, 6.45) is 1.22. The van der Waals surface area contributed by atoms with Crippen LogP contribution in [0, 0.1) is 5.41 Å². The molecule has 2 atom stereocenters. The molecule has 1 aliphatic heterocycles. The van der Waals surface area contributed by atoms with Gasteiger partial charge in [-0.1, -0.05) is 38.4 Å². The summed E-state index contributed by atoms with van der Waals surface area (Å²) in [5.41, 5.74) is 6.78. The molecule has 1 aromatic rings. The van der Waals surface area contributed by atoms with E-state index in [4.69, 9.17) is 17.3 Å². The van der Waals surface area contributed by atoms with Crippen molar-refractivity contribution in [3.63, 3.8) is 0 Å². The standard InChI is InChI=1S/C18H26ClN3O3/c1-18(2,3)15(16(23)22-8-4-5-14(22)17(24)25)21-10-11-6-7-13(20)12(19)9-11/h6-7,9,14-15,21H,4-5,8,10,20H2,1-3H3,(H,24,25). The van der Waals surface area contributed by atoms with Crippen LogP contribution in [0.2, 0.25) is 5.02 Å². The molecule has 138 valence electrons. The van der Waals surface area contributed by atoms with Gasteiger partial charge in [0.1, 0.15) is 6.04 Å². The molecule has 1 amide bonds. The van der Waals surface area contributed by atoms with Crippen LogP contribution < -0.4 is 11.1 Å². The Bertz CT molecular complexity index is 657.